The molecular weight excluding hydrogens is 294 g/mol. The molecule has 1 aromatic rings. The molecule has 2 N–H and O–H groups in total. The Hall–Kier alpha value is -2.37. The molecule has 1 unspecified atom stereocenters. The molecule has 0 radical (unpaired) electrons. The summed E-state index contributed by atoms with van der Waals surface area (Å²) >= 11 is 0. The van der Waals surface area contributed by atoms with Gasteiger partial charge in [0, 0.05) is 13.1 Å². The predicted molar refractivity (Wildman–Crippen MR) is 84.5 cm³/mol. The average molecular weight is 315 g/mol. The molecule has 1 atom stereocenters. The van der Waals surface area contributed by atoms with Gasteiger partial charge in [-0.25, -0.2) is 4.79 Å². The highest BCUT2D eigenvalue weighted by atomic mass is 16.2. The van der Waals surface area contributed by atoms with Gasteiger partial charge in [0.05, 0.1) is 6.42 Å². The van der Waals surface area contributed by atoms with Crippen molar-refractivity contribution in [1.82, 2.24) is 15.5 Å². The van der Waals surface area contributed by atoms with E-state index in [0.717, 1.165) is 32.4 Å². The SMILES string of the molecule is O=C1NC(=O)C(CC(=O)N2CCC(Cc3ccccc3)CC2)N1. The quantitative estimate of drug-likeness (QED) is 0.816. The number of carbonyl (C=O) groups is 3. The summed E-state index contributed by atoms with van der Waals surface area (Å²) in [5.41, 5.74) is 1.34. The van der Waals surface area contributed by atoms with E-state index < -0.39 is 18.0 Å². The van der Waals surface area contributed by atoms with Gasteiger partial charge in [0.15, 0.2) is 0 Å². The van der Waals surface area contributed by atoms with Crippen LogP contribution in [0.4, 0.5) is 4.79 Å². The van der Waals surface area contributed by atoms with Gasteiger partial charge >= 0.3 is 6.03 Å². The van der Waals surface area contributed by atoms with Gasteiger partial charge in [-0.3, -0.25) is 14.9 Å². The molecule has 6 nitrogen and oxygen atoms in total. The summed E-state index contributed by atoms with van der Waals surface area (Å²) in [4.78, 5) is 36.6. The second-order valence-electron chi connectivity index (χ2n) is 6.23. The third kappa shape index (κ3) is 3.88. The van der Waals surface area contributed by atoms with Crippen molar-refractivity contribution in [2.24, 2.45) is 5.92 Å². The lowest BCUT2D eigenvalue weighted by Crippen LogP contribution is -2.42. The molecule has 0 aliphatic carbocycles. The van der Waals surface area contributed by atoms with Crippen LogP contribution in [0.5, 0.6) is 0 Å². The maximum atomic E-state index is 12.3. The van der Waals surface area contributed by atoms with Gasteiger partial charge in [-0.2, -0.15) is 0 Å². The topological polar surface area (TPSA) is 78.5 Å². The van der Waals surface area contributed by atoms with Gasteiger partial charge in [-0.05, 0) is 30.7 Å². The van der Waals surface area contributed by atoms with Gasteiger partial charge < -0.3 is 10.2 Å². The number of imide groups is 1. The Bertz CT molecular complexity index is 594. The number of rotatable bonds is 4. The van der Waals surface area contributed by atoms with E-state index in [1.807, 2.05) is 6.07 Å². The monoisotopic (exact) mass is 315 g/mol. The minimum Gasteiger partial charge on any atom is -0.343 e. The highest BCUT2D eigenvalue weighted by molar-refractivity contribution is 6.05. The molecule has 0 aromatic heterocycles. The van der Waals surface area contributed by atoms with Crippen LogP contribution in [0.2, 0.25) is 0 Å². The maximum absolute atomic E-state index is 12.3. The van der Waals surface area contributed by atoms with E-state index in [-0.39, 0.29) is 12.3 Å². The van der Waals surface area contributed by atoms with E-state index in [9.17, 15) is 14.4 Å². The van der Waals surface area contributed by atoms with Crippen LogP contribution in [0.15, 0.2) is 30.3 Å². The average Bonchev–Trinajstić information content (AvgIpc) is 2.86. The molecule has 0 spiro atoms. The molecule has 0 bridgehead atoms. The highest BCUT2D eigenvalue weighted by Gasteiger charge is 2.33. The van der Waals surface area contributed by atoms with Crippen LogP contribution in [0.25, 0.3) is 0 Å². The molecular formula is C17H21N3O3. The fraction of sp³-hybridized carbons (Fsp3) is 0.471. The Balaban J connectivity index is 1.46. The zero-order chi connectivity index (χ0) is 16.2. The Morgan fingerprint density at radius 2 is 1.83 bits per heavy atom. The first-order valence-corrected chi connectivity index (χ1v) is 8.05. The Morgan fingerprint density at radius 3 is 2.43 bits per heavy atom. The van der Waals surface area contributed by atoms with Crippen molar-refractivity contribution in [2.45, 2.75) is 31.7 Å². The number of likely N-dealkylation sites (tertiary alicyclic amines) is 1. The molecule has 2 aliphatic heterocycles. The number of nitrogens with one attached hydrogen (secondary N) is 2. The molecule has 2 saturated heterocycles. The number of amides is 4. The highest BCUT2D eigenvalue weighted by Crippen LogP contribution is 2.22. The normalized spacial score (nSPS) is 21.9. The Kier molecular flexibility index (Phi) is 4.60. The summed E-state index contributed by atoms with van der Waals surface area (Å²) in [5, 5.41) is 4.62. The Labute approximate surface area is 135 Å². The first kappa shape index (κ1) is 15.5. The second kappa shape index (κ2) is 6.81. The third-order valence-electron chi connectivity index (χ3n) is 4.57. The van der Waals surface area contributed by atoms with E-state index in [0.29, 0.717) is 5.92 Å². The number of hydrogen-bond donors (Lipinski definition) is 2. The van der Waals surface area contributed by atoms with E-state index >= 15 is 0 Å². The number of nitrogens with zero attached hydrogens (tertiary/aromatic N) is 1. The molecule has 0 saturated carbocycles. The molecule has 2 heterocycles. The zero-order valence-corrected chi connectivity index (χ0v) is 13.0. The fourth-order valence-corrected chi connectivity index (χ4v) is 3.24. The lowest BCUT2D eigenvalue weighted by molar-refractivity contribution is -0.135. The smallest absolute Gasteiger partial charge is 0.322 e. The van der Waals surface area contributed by atoms with Gasteiger partial charge in [0.2, 0.25) is 5.91 Å². The number of piperidine rings is 1. The van der Waals surface area contributed by atoms with Crippen LogP contribution in [0.3, 0.4) is 0 Å². The molecule has 2 aliphatic rings. The maximum Gasteiger partial charge on any atom is 0.322 e. The second-order valence-corrected chi connectivity index (χ2v) is 6.23. The van der Waals surface area contributed by atoms with Gasteiger partial charge in [-0.15, -0.1) is 0 Å². The largest absolute Gasteiger partial charge is 0.343 e. The minimum absolute atomic E-state index is 0.0426. The standard InChI is InChI=1S/C17H21N3O3/c21-15(11-14-16(22)19-17(23)18-14)20-8-6-13(7-9-20)10-12-4-2-1-3-5-12/h1-5,13-14H,6-11H2,(H2,18,19,22,23). The van der Waals surface area contributed by atoms with E-state index in [1.54, 1.807) is 4.90 Å². The van der Waals surface area contributed by atoms with E-state index in [4.69, 9.17) is 0 Å². The fourth-order valence-electron chi connectivity index (χ4n) is 3.24. The molecule has 4 amide bonds. The lowest BCUT2D eigenvalue weighted by Gasteiger charge is -2.32. The predicted octanol–water partition coefficient (Wildman–Crippen LogP) is 1.07. The first-order valence-electron chi connectivity index (χ1n) is 8.05. The molecule has 6 heteroatoms. The number of hydrogen-bond acceptors (Lipinski definition) is 3. The van der Waals surface area contributed by atoms with Crippen molar-refractivity contribution in [1.29, 1.82) is 0 Å². The number of urea groups is 1. The van der Waals surface area contributed by atoms with Gasteiger partial charge in [-0.1, -0.05) is 30.3 Å². The van der Waals surface area contributed by atoms with Crippen molar-refractivity contribution < 1.29 is 14.4 Å². The van der Waals surface area contributed by atoms with Crippen LogP contribution in [-0.2, 0) is 16.0 Å². The Morgan fingerprint density at radius 1 is 1.13 bits per heavy atom. The van der Waals surface area contributed by atoms with Crippen molar-refractivity contribution >= 4 is 17.8 Å². The van der Waals surface area contributed by atoms with Gasteiger partial charge in [0.1, 0.15) is 6.04 Å². The van der Waals surface area contributed by atoms with Crippen LogP contribution in [-0.4, -0.2) is 41.9 Å². The molecule has 23 heavy (non-hydrogen) atoms. The third-order valence-corrected chi connectivity index (χ3v) is 4.57. The van der Waals surface area contributed by atoms with Crippen molar-refractivity contribution in [3.63, 3.8) is 0 Å². The van der Waals surface area contributed by atoms with Crippen LogP contribution in [0, 0.1) is 5.92 Å². The summed E-state index contributed by atoms with van der Waals surface area (Å²) in [7, 11) is 0. The van der Waals surface area contributed by atoms with E-state index in [2.05, 4.69) is 34.9 Å². The summed E-state index contributed by atoms with van der Waals surface area (Å²) in [6.45, 7) is 1.44. The molecule has 3 rings (SSSR count). The van der Waals surface area contributed by atoms with Crippen LogP contribution in [0.1, 0.15) is 24.8 Å². The van der Waals surface area contributed by atoms with Crippen molar-refractivity contribution in [2.75, 3.05) is 13.1 Å². The summed E-state index contributed by atoms with van der Waals surface area (Å²) < 4.78 is 0. The lowest BCUT2D eigenvalue weighted by atomic mass is 9.90. The van der Waals surface area contributed by atoms with Gasteiger partial charge in [0.25, 0.3) is 5.91 Å². The summed E-state index contributed by atoms with van der Waals surface area (Å²) in [6, 6.07) is 9.15. The number of benzene rings is 1. The minimum atomic E-state index is -0.725. The number of carbonyl (C=O) groups excluding carboxylic acids is 3. The summed E-state index contributed by atoms with van der Waals surface area (Å²) in [6.07, 6.45) is 3.04. The molecule has 2 fully saturated rings. The molecule has 122 valence electrons. The first-order chi connectivity index (χ1) is 11.1. The van der Waals surface area contributed by atoms with E-state index in [1.165, 1.54) is 5.56 Å². The zero-order valence-electron chi connectivity index (χ0n) is 13.0. The van der Waals surface area contributed by atoms with Crippen molar-refractivity contribution in [3.05, 3.63) is 35.9 Å². The van der Waals surface area contributed by atoms with Crippen LogP contribution >= 0.6 is 0 Å². The summed E-state index contributed by atoms with van der Waals surface area (Å²) in [5.74, 6) is 0.115. The molecule has 1 aromatic carbocycles. The van der Waals surface area contributed by atoms with Crippen LogP contribution < -0.4 is 10.6 Å². The van der Waals surface area contributed by atoms with Crippen molar-refractivity contribution in [3.8, 4) is 0 Å².